The molecule has 0 fully saturated rings. The highest BCUT2D eigenvalue weighted by molar-refractivity contribution is 5.31. The Bertz CT molecular complexity index is 566. The van der Waals surface area contributed by atoms with Crippen molar-refractivity contribution in [2.75, 3.05) is 7.05 Å². The molecule has 2 nitrogen and oxygen atoms in total. The summed E-state index contributed by atoms with van der Waals surface area (Å²) in [6.07, 6.45) is 2.55. The minimum Gasteiger partial charge on any atom is -0.313 e. The van der Waals surface area contributed by atoms with Gasteiger partial charge in [0.15, 0.2) is 0 Å². The molecule has 0 aliphatic carbocycles. The van der Waals surface area contributed by atoms with Gasteiger partial charge < -0.3 is 5.32 Å². The first-order chi connectivity index (χ1) is 9.11. The Balaban J connectivity index is 2.29. The Morgan fingerprint density at radius 1 is 1.26 bits per heavy atom. The minimum atomic E-state index is -0.182. The molecule has 1 atom stereocenters. The molecule has 0 aliphatic heterocycles. The smallest absolute Gasteiger partial charge is 0.123 e. The summed E-state index contributed by atoms with van der Waals surface area (Å²) in [5.74, 6) is -0.182. The molecule has 100 valence electrons. The van der Waals surface area contributed by atoms with Crippen LogP contribution in [0.2, 0.25) is 0 Å². The zero-order chi connectivity index (χ0) is 13.8. The van der Waals surface area contributed by atoms with Gasteiger partial charge in [-0.3, -0.25) is 4.98 Å². The quantitative estimate of drug-likeness (QED) is 0.909. The summed E-state index contributed by atoms with van der Waals surface area (Å²) in [5, 5.41) is 3.29. The molecule has 0 radical (unpaired) electrons. The molecule has 19 heavy (non-hydrogen) atoms. The van der Waals surface area contributed by atoms with Crippen molar-refractivity contribution in [1.29, 1.82) is 0 Å². The van der Waals surface area contributed by atoms with Gasteiger partial charge in [0.05, 0.1) is 0 Å². The Labute approximate surface area is 113 Å². The van der Waals surface area contributed by atoms with Crippen molar-refractivity contribution >= 4 is 0 Å². The van der Waals surface area contributed by atoms with Crippen LogP contribution in [0, 0.1) is 19.7 Å². The van der Waals surface area contributed by atoms with E-state index in [9.17, 15) is 4.39 Å². The third-order valence-corrected chi connectivity index (χ3v) is 3.51. The van der Waals surface area contributed by atoms with E-state index in [2.05, 4.69) is 16.4 Å². The van der Waals surface area contributed by atoms with Crippen molar-refractivity contribution in [3.63, 3.8) is 0 Å². The maximum Gasteiger partial charge on any atom is 0.123 e. The van der Waals surface area contributed by atoms with Gasteiger partial charge in [-0.15, -0.1) is 0 Å². The van der Waals surface area contributed by atoms with Crippen LogP contribution in [0.1, 0.15) is 28.4 Å². The van der Waals surface area contributed by atoms with E-state index in [0.29, 0.717) is 0 Å². The predicted molar refractivity (Wildman–Crippen MR) is 75.6 cm³/mol. The molecule has 0 bridgehead atoms. The lowest BCUT2D eigenvalue weighted by Crippen LogP contribution is -2.20. The van der Waals surface area contributed by atoms with Crippen LogP contribution < -0.4 is 5.32 Å². The van der Waals surface area contributed by atoms with E-state index in [1.807, 2.05) is 33.0 Å². The second kappa shape index (κ2) is 5.93. The van der Waals surface area contributed by atoms with Crippen molar-refractivity contribution in [2.45, 2.75) is 26.3 Å². The molecule has 0 saturated carbocycles. The Morgan fingerprint density at radius 3 is 2.74 bits per heavy atom. The number of hydrogen-bond acceptors (Lipinski definition) is 2. The van der Waals surface area contributed by atoms with Crippen molar-refractivity contribution < 1.29 is 4.39 Å². The topological polar surface area (TPSA) is 24.9 Å². The number of benzene rings is 1. The summed E-state index contributed by atoms with van der Waals surface area (Å²) in [5.41, 5.74) is 4.32. The molecule has 1 N–H and O–H groups in total. The summed E-state index contributed by atoms with van der Waals surface area (Å²) < 4.78 is 13.4. The van der Waals surface area contributed by atoms with E-state index in [-0.39, 0.29) is 11.9 Å². The number of aryl methyl sites for hydroxylation is 2. The van der Waals surface area contributed by atoms with E-state index >= 15 is 0 Å². The molecular weight excluding hydrogens is 239 g/mol. The summed E-state index contributed by atoms with van der Waals surface area (Å²) in [6.45, 7) is 4.01. The maximum absolute atomic E-state index is 13.4. The van der Waals surface area contributed by atoms with Gasteiger partial charge in [0, 0.05) is 17.9 Å². The highest BCUT2D eigenvalue weighted by Crippen LogP contribution is 2.22. The SMILES string of the molecule is CNC(Cc1cc(F)ccc1C)c1cccnc1C. The fourth-order valence-electron chi connectivity index (χ4n) is 2.31. The summed E-state index contributed by atoms with van der Waals surface area (Å²) in [6, 6.07) is 9.10. The van der Waals surface area contributed by atoms with Gasteiger partial charge in [0.25, 0.3) is 0 Å². The van der Waals surface area contributed by atoms with Crippen LogP contribution in [0.5, 0.6) is 0 Å². The van der Waals surface area contributed by atoms with Crippen molar-refractivity contribution in [3.8, 4) is 0 Å². The molecule has 3 heteroatoms. The van der Waals surface area contributed by atoms with Crippen LogP contribution >= 0.6 is 0 Å². The maximum atomic E-state index is 13.4. The van der Waals surface area contributed by atoms with Crippen molar-refractivity contribution in [3.05, 3.63) is 64.7 Å². The zero-order valence-electron chi connectivity index (χ0n) is 11.6. The molecule has 1 unspecified atom stereocenters. The van der Waals surface area contributed by atoms with Gasteiger partial charge in [-0.2, -0.15) is 0 Å². The van der Waals surface area contributed by atoms with E-state index in [0.717, 1.165) is 28.8 Å². The second-order valence-corrected chi connectivity index (χ2v) is 4.79. The number of nitrogens with one attached hydrogen (secondary N) is 1. The minimum absolute atomic E-state index is 0.147. The highest BCUT2D eigenvalue weighted by Gasteiger charge is 2.14. The first-order valence-electron chi connectivity index (χ1n) is 6.45. The van der Waals surface area contributed by atoms with Gasteiger partial charge in [-0.05, 0) is 62.2 Å². The van der Waals surface area contributed by atoms with E-state index < -0.39 is 0 Å². The monoisotopic (exact) mass is 258 g/mol. The first-order valence-corrected chi connectivity index (χ1v) is 6.45. The average Bonchev–Trinajstić information content (AvgIpc) is 2.41. The van der Waals surface area contributed by atoms with Gasteiger partial charge >= 0.3 is 0 Å². The van der Waals surface area contributed by atoms with E-state index in [4.69, 9.17) is 0 Å². The van der Waals surface area contributed by atoms with Crippen molar-refractivity contribution in [1.82, 2.24) is 10.3 Å². The number of pyridine rings is 1. The fraction of sp³-hybridized carbons (Fsp3) is 0.312. The number of halogens is 1. The van der Waals surface area contributed by atoms with Crippen LogP contribution in [-0.2, 0) is 6.42 Å². The zero-order valence-corrected chi connectivity index (χ0v) is 11.6. The third kappa shape index (κ3) is 3.18. The van der Waals surface area contributed by atoms with Crippen LogP contribution in [0.25, 0.3) is 0 Å². The van der Waals surface area contributed by atoms with Gasteiger partial charge in [-0.1, -0.05) is 12.1 Å². The summed E-state index contributed by atoms with van der Waals surface area (Å²) in [7, 11) is 1.92. The second-order valence-electron chi connectivity index (χ2n) is 4.79. The van der Waals surface area contributed by atoms with Crippen LogP contribution in [-0.4, -0.2) is 12.0 Å². The van der Waals surface area contributed by atoms with Crippen LogP contribution in [0.4, 0.5) is 4.39 Å². The van der Waals surface area contributed by atoms with Crippen LogP contribution in [0.15, 0.2) is 36.5 Å². The molecule has 1 heterocycles. The molecule has 2 aromatic rings. The Hall–Kier alpha value is -1.74. The lowest BCUT2D eigenvalue weighted by atomic mass is 9.95. The Morgan fingerprint density at radius 2 is 2.05 bits per heavy atom. The van der Waals surface area contributed by atoms with Crippen molar-refractivity contribution in [2.24, 2.45) is 0 Å². The summed E-state index contributed by atoms with van der Waals surface area (Å²) in [4.78, 5) is 4.32. The molecule has 1 aromatic carbocycles. The Kier molecular flexibility index (Phi) is 4.27. The van der Waals surface area contributed by atoms with E-state index in [1.165, 1.54) is 6.07 Å². The molecular formula is C16H19FN2. The van der Waals surface area contributed by atoms with Gasteiger partial charge in [0.1, 0.15) is 5.82 Å². The van der Waals surface area contributed by atoms with Gasteiger partial charge in [-0.25, -0.2) is 4.39 Å². The molecule has 0 aliphatic rings. The predicted octanol–water partition coefficient (Wildman–Crippen LogP) is 3.34. The fourth-order valence-corrected chi connectivity index (χ4v) is 2.31. The number of rotatable bonds is 4. The molecule has 0 spiro atoms. The number of aromatic nitrogens is 1. The molecule has 1 aromatic heterocycles. The first kappa shape index (κ1) is 13.7. The largest absolute Gasteiger partial charge is 0.313 e. The molecule has 0 saturated heterocycles. The lowest BCUT2D eigenvalue weighted by Gasteiger charge is -2.19. The van der Waals surface area contributed by atoms with Gasteiger partial charge in [0.2, 0.25) is 0 Å². The molecule has 0 amide bonds. The van der Waals surface area contributed by atoms with E-state index in [1.54, 1.807) is 12.3 Å². The highest BCUT2D eigenvalue weighted by atomic mass is 19.1. The normalized spacial score (nSPS) is 12.4. The molecule has 2 rings (SSSR count). The standard InChI is InChI=1S/C16H19FN2/c1-11-6-7-14(17)9-13(11)10-16(18-3)15-5-4-8-19-12(15)2/h4-9,16,18H,10H2,1-3H3. The lowest BCUT2D eigenvalue weighted by molar-refractivity contribution is 0.577. The third-order valence-electron chi connectivity index (χ3n) is 3.51. The summed E-state index contributed by atoms with van der Waals surface area (Å²) >= 11 is 0. The number of hydrogen-bond donors (Lipinski definition) is 1. The number of likely N-dealkylation sites (N-methyl/N-ethyl adjacent to an activating group) is 1. The average molecular weight is 258 g/mol. The number of nitrogens with zero attached hydrogens (tertiary/aromatic N) is 1. The van der Waals surface area contributed by atoms with Crippen LogP contribution in [0.3, 0.4) is 0 Å².